The summed E-state index contributed by atoms with van der Waals surface area (Å²) in [6, 6.07) is 5.03. The zero-order valence-electron chi connectivity index (χ0n) is 13.8. The van der Waals surface area contributed by atoms with E-state index >= 15 is 0 Å². The van der Waals surface area contributed by atoms with Crippen LogP contribution >= 0.6 is 0 Å². The fraction of sp³-hybridized carbons (Fsp3) is 0.375. The minimum atomic E-state index is -0.321. The first-order valence-electron chi connectivity index (χ1n) is 7.58. The summed E-state index contributed by atoms with van der Waals surface area (Å²) in [6.45, 7) is 3.04. The number of rotatable bonds is 6. The summed E-state index contributed by atoms with van der Waals surface area (Å²) < 4.78 is 13.8. The molecule has 0 amide bonds. The molecule has 3 aromatic rings. The number of aromatic nitrogens is 5. The Morgan fingerprint density at radius 2 is 2.08 bits per heavy atom. The number of hydrogen-bond donors (Lipinski definition) is 0. The number of fused-ring (bicyclic) bond motifs is 1. The average Bonchev–Trinajstić information content (AvgIpc) is 3.07. The molecule has 0 saturated carbocycles. The van der Waals surface area contributed by atoms with Gasteiger partial charge in [-0.05, 0) is 19.1 Å². The highest BCUT2D eigenvalue weighted by molar-refractivity contribution is 5.83. The van der Waals surface area contributed by atoms with Crippen LogP contribution in [0.4, 0.5) is 0 Å². The lowest BCUT2D eigenvalue weighted by atomic mass is 10.2. The van der Waals surface area contributed by atoms with E-state index in [1.165, 1.54) is 18.0 Å². The third-order valence-electron chi connectivity index (χ3n) is 3.97. The molecule has 3 rings (SSSR count). The van der Waals surface area contributed by atoms with Gasteiger partial charge < -0.3 is 14.0 Å². The van der Waals surface area contributed by atoms with Crippen LogP contribution in [0, 0.1) is 0 Å². The fourth-order valence-electron chi connectivity index (χ4n) is 2.67. The largest absolute Gasteiger partial charge is 0.496 e. The fourth-order valence-corrected chi connectivity index (χ4v) is 2.67. The van der Waals surface area contributed by atoms with Gasteiger partial charge in [0.2, 0.25) is 0 Å². The van der Waals surface area contributed by atoms with E-state index in [1.807, 2.05) is 17.6 Å². The van der Waals surface area contributed by atoms with E-state index in [9.17, 15) is 4.79 Å². The van der Waals surface area contributed by atoms with Crippen LogP contribution in [-0.4, -0.2) is 45.1 Å². The molecule has 0 fully saturated rings. The zero-order valence-corrected chi connectivity index (χ0v) is 13.8. The molecule has 8 heteroatoms. The first kappa shape index (κ1) is 16.1. The molecule has 0 aliphatic rings. The van der Waals surface area contributed by atoms with Crippen LogP contribution in [0.25, 0.3) is 10.9 Å². The van der Waals surface area contributed by atoms with Gasteiger partial charge in [0, 0.05) is 13.7 Å². The zero-order chi connectivity index (χ0) is 17.1. The standard InChI is InChI=1S/C16H19N5O3/c1-11(15-19-18-10-20(15)7-8-23-2)21-9-17-12-5-4-6-13(24-3)14(12)16(21)22/h4-6,9-11H,7-8H2,1-3H3. The lowest BCUT2D eigenvalue weighted by Crippen LogP contribution is -2.27. The Bertz CT molecular complexity index is 902. The van der Waals surface area contributed by atoms with Crippen molar-refractivity contribution >= 4 is 10.9 Å². The maximum atomic E-state index is 12.9. The summed E-state index contributed by atoms with van der Waals surface area (Å²) in [5, 5.41) is 8.55. The molecule has 0 radical (unpaired) electrons. The van der Waals surface area contributed by atoms with E-state index in [2.05, 4.69) is 15.2 Å². The lowest BCUT2D eigenvalue weighted by molar-refractivity contribution is 0.185. The van der Waals surface area contributed by atoms with Gasteiger partial charge in [-0.1, -0.05) is 6.07 Å². The minimum absolute atomic E-state index is 0.175. The van der Waals surface area contributed by atoms with E-state index < -0.39 is 0 Å². The van der Waals surface area contributed by atoms with Crippen molar-refractivity contribution in [3.8, 4) is 5.75 Å². The van der Waals surface area contributed by atoms with Crippen molar-refractivity contribution in [2.75, 3.05) is 20.8 Å². The number of nitrogens with zero attached hydrogens (tertiary/aromatic N) is 5. The van der Waals surface area contributed by atoms with Gasteiger partial charge in [0.15, 0.2) is 5.82 Å². The molecule has 0 N–H and O–H groups in total. The maximum absolute atomic E-state index is 12.9. The van der Waals surface area contributed by atoms with Crippen molar-refractivity contribution in [1.82, 2.24) is 24.3 Å². The summed E-state index contributed by atoms with van der Waals surface area (Å²) in [7, 11) is 3.17. The Kier molecular flexibility index (Phi) is 4.57. The van der Waals surface area contributed by atoms with Crippen LogP contribution in [0.3, 0.4) is 0 Å². The number of benzene rings is 1. The van der Waals surface area contributed by atoms with Crippen LogP contribution in [0.2, 0.25) is 0 Å². The molecule has 1 aromatic carbocycles. The Hall–Kier alpha value is -2.74. The van der Waals surface area contributed by atoms with Crippen molar-refractivity contribution in [2.45, 2.75) is 19.5 Å². The van der Waals surface area contributed by atoms with Crippen molar-refractivity contribution in [2.24, 2.45) is 0 Å². The summed E-state index contributed by atoms with van der Waals surface area (Å²) in [5.41, 5.74) is 0.426. The van der Waals surface area contributed by atoms with Crippen LogP contribution in [-0.2, 0) is 11.3 Å². The van der Waals surface area contributed by atoms with Gasteiger partial charge in [-0.15, -0.1) is 10.2 Å². The molecule has 2 aromatic heterocycles. The first-order chi connectivity index (χ1) is 11.7. The van der Waals surface area contributed by atoms with E-state index in [4.69, 9.17) is 9.47 Å². The molecule has 2 heterocycles. The van der Waals surface area contributed by atoms with Gasteiger partial charge in [0.1, 0.15) is 17.5 Å². The molecule has 8 nitrogen and oxygen atoms in total. The molecule has 1 unspecified atom stereocenters. The molecular weight excluding hydrogens is 310 g/mol. The van der Waals surface area contributed by atoms with Gasteiger partial charge in [0.25, 0.3) is 5.56 Å². The van der Waals surface area contributed by atoms with Gasteiger partial charge in [0.05, 0.1) is 31.6 Å². The third-order valence-corrected chi connectivity index (χ3v) is 3.97. The molecule has 126 valence electrons. The topological polar surface area (TPSA) is 84.1 Å². The van der Waals surface area contributed by atoms with Crippen LogP contribution < -0.4 is 10.3 Å². The van der Waals surface area contributed by atoms with E-state index in [-0.39, 0.29) is 11.6 Å². The van der Waals surface area contributed by atoms with Crippen LogP contribution in [0.15, 0.2) is 35.6 Å². The Balaban J connectivity index is 2.08. The molecular formula is C16H19N5O3. The van der Waals surface area contributed by atoms with E-state index in [0.29, 0.717) is 35.6 Å². The predicted molar refractivity (Wildman–Crippen MR) is 88.3 cm³/mol. The summed E-state index contributed by atoms with van der Waals surface area (Å²) in [5.74, 6) is 1.18. The molecule has 0 bridgehead atoms. The number of ether oxygens (including phenoxy) is 2. The van der Waals surface area contributed by atoms with Crippen LogP contribution in [0.5, 0.6) is 5.75 Å². The van der Waals surface area contributed by atoms with Crippen molar-refractivity contribution in [3.05, 3.63) is 47.0 Å². The number of hydrogen-bond acceptors (Lipinski definition) is 6. The summed E-state index contributed by atoms with van der Waals surface area (Å²) in [6.07, 6.45) is 3.16. The maximum Gasteiger partial charge on any atom is 0.265 e. The molecule has 24 heavy (non-hydrogen) atoms. The van der Waals surface area contributed by atoms with Crippen molar-refractivity contribution < 1.29 is 9.47 Å². The SMILES string of the molecule is COCCn1cnnc1C(C)n1cnc2cccc(OC)c2c1=O. The smallest absolute Gasteiger partial charge is 0.265 e. The molecule has 0 saturated heterocycles. The third kappa shape index (κ3) is 2.76. The molecule has 0 aliphatic carbocycles. The number of methoxy groups -OCH3 is 2. The molecule has 0 spiro atoms. The normalized spacial score (nSPS) is 12.5. The minimum Gasteiger partial charge on any atom is -0.496 e. The van der Waals surface area contributed by atoms with Crippen LogP contribution in [0.1, 0.15) is 18.8 Å². The highest BCUT2D eigenvalue weighted by Crippen LogP contribution is 2.21. The van der Waals surface area contributed by atoms with E-state index in [1.54, 1.807) is 25.6 Å². The van der Waals surface area contributed by atoms with Gasteiger partial charge >= 0.3 is 0 Å². The quantitative estimate of drug-likeness (QED) is 0.677. The second-order valence-electron chi connectivity index (χ2n) is 5.36. The Labute approximate surface area is 138 Å². The Morgan fingerprint density at radius 3 is 2.83 bits per heavy atom. The van der Waals surface area contributed by atoms with Gasteiger partial charge in [-0.3, -0.25) is 9.36 Å². The summed E-state index contributed by atoms with van der Waals surface area (Å²) in [4.78, 5) is 17.3. The monoisotopic (exact) mass is 329 g/mol. The first-order valence-corrected chi connectivity index (χ1v) is 7.58. The molecule has 0 aliphatic heterocycles. The van der Waals surface area contributed by atoms with E-state index in [0.717, 1.165) is 0 Å². The van der Waals surface area contributed by atoms with Gasteiger partial charge in [-0.2, -0.15) is 0 Å². The van der Waals surface area contributed by atoms with Crippen molar-refractivity contribution in [1.29, 1.82) is 0 Å². The van der Waals surface area contributed by atoms with Crippen molar-refractivity contribution in [3.63, 3.8) is 0 Å². The molecule has 1 atom stereocenters. The summed E-state index contributed by atoms with van der Waals surface area (Å²) >= 11 is 0. The lowest BCUT2D eigenvalue weighted by Gasteiger charge is -2.16. The predicted octanol–water partition coefficient (Wildman–Crippen LogP) is 1.25. The highest BCUT2D eigenvalue weighted by Gasteiger charge is 2.19. The second-order valence-corrected chi connectivity index (χ2v) is 5.36. The average molecular weight is 329 g/mol. The second kappa shape index (κ2) is 6.79. The Morgan fingerprint density at radius 1 is 1.25 bits per heavy atom. The highest BCUT2D eigenvalue weighted by atomic mass is 16.5. The van der Waals surface area contributed by atoms with Gasteiger partial charge in [-0.25, -0.2) is 4.98 Å².